The van der Waals surface area contributed by atoms with E-state index in [2.05, 4.69) is 29.8 Å². The van der Waals surface area contributed by atoms with E-state index in [1.807, 2.05) is 49.4 Å². The van der Waals surface area contributed by atoms with Gasteiger partial charge in [-0.25, -0.2) is 4.98 Å². The maximum absolute atomic E-state index is 13.6. The first-order chi connectivity index (χ1) is 15.0. The lowest BCUT2D eigenvalue weighted by Gasteiger charge is -2.23. The highest BCUT2D eigenvalue weighted by molar-refractivity contribution is 6.08. The molecule has 156 valence electrons. The van der Waals surface area contributed by atoms with Crippen LogP contribution in [0.3, 0.4) is 0 Å². The Morgan fingerprint density at radius 3 is 2.16 bits per heavy atom. The van der Waals surface area contributed by atoms with Crippen molar-refractivity contribution in [3.8, 4) is 5.69 Å². The average molecular weight is 412 g/mol. The van der Waals surface area contributed by atoms with Crippen LogP contribution in [0.15, 0.2) is 77.6 Å². The molecule has 0 unspecified atom stereocenters. The number of aromatic nitrogens is 2. The first kappa shape index (κ1) is 20.5. The van der Waals surface area contributed by atoms with E-state index >= 15 is 0 Å². The minimum Gasteiger partial charge on any atom is -0.372 e. The highest BCUT2D eigenvalue weighted by atomic mass is 16.1. The van der Waals surface area contributed by atoms with Gasteiger partial charge in [-0.15, -0.1) is 0 Å². The number of ketones is 1. The fraction of sp³-hybridized carbons (Fsp3) is 0.192. The number of para-hydroxylation sites is 1. The fourth-order valence-electron chi connectivity index (χ4n) is 3.91. The quantitative estimate of drug-likeness (QED) is 0.429. The Kier molecular flexibility index (Phi) is 5.67. The first-order valence-electron chi connectivity index (χ1n) is 10.5. The third kappa shape index (κ3) is 3.75. The number of hydrogen-bond acceptors (Lipinski definition) is 4. The number of hydrogen-bond donors (Lipinski definition) is 0. The van der Waals surface area contributed by atoms with E-state index in [-0.39, 0.29) is 11.5 Å². The Hall–Kier alpha value is -3.73. The number of rotatable bonds is 6. The molecule has 3 aromatic carbocycles. The molecule has 0 spiro atoms. The largest absolute Gasteiger partial charge is 0.372 e. The second kappa shape index (κ2) is 8.56. The lowest BCUT2D eigenvalue weighted by molar-refractivity contribution is 0.103. The van der Waals surface area contributed by atoms with Gasteiger partial charge in [-0.3, -0.25) is 14.2 Å². The van der Waals surface area contributed by atoms with Crippen LogP contribution in [0.2, 0.25) is 0 Å². The van der Waals surface area contributed by atoms with Gasteiger partial charge in [0.15, 0.2) is 5.69 Å². The minimum absolute atomic E-state index is 0.0683. The van der Waals surface area contributed by atoms with Crippen molar-refractivity contribution >= 4 is 22.5 Å². The summed E-state index contributed by atoms with van der Waals surface area (Å²) in [6.07, 6.45) is 0. The Bertz CT molecular complexity index is 1290. The normalized spacial score (nSPS) is 10.9. The lowest BCUT2D eigenvalue weighted by atomic mass is 10.1. The molecule has 0 atom stereocenters. The molecule has 0 N–H and O–H groups in total. The van der Waals surface area contributed by atoms with Gasteiger partial charge in [0.05, 0.1) is 11.0 Å². The summed E-state index contributed by atoms with van der Waals surface area (Å²) in [5, 5.41) is 0. The van der Waals surface area contributed by atoms with Crippen molar-refractivity contribution in [1.29, 1.82) is 0 Å². The summed E-state index contributed by atoms with van der Waals surface area (Å²) in [6, 6.07) is 22.3. The van der Waals surface area contributed by atoms with Crippen LogP contribution in [0.4, 0.5) is 5.69 Å². The summed E-state index contributed by atoms with van der Waals surface area (Å²) in [4.78, 5) is 33.6. The second-order valence-corrected chi connectivity index (χ2v) is 7.43. The predicted molar refractivity (Wildman–Crippen MR) is 126 cm³/mol. The fourth-order valence-corrected chi connectivity index (χ4v) is 3.91. The Labute approximate surface area is 181 Å². The zero-order chi connectivity index (χ0) is 22.0. The van der Waals surface area contributed by atoms with Gasteiger partial charge in [0.2, 0.25) is 5.78 Å². The molecule has 0 aliphatic heterocycles. The lowest BCUT2D eigenvalue weighted by Crippen LogP contribution is -2.29. The topological polar surface area (TPSA) is 55.2 Å². The molecule has 0 bridgehead atoms. The molecule has 0 saturated heterocycles. The SMILES string of the molecule is CCN(CC)c1cc(C)c2nc(C(=O)c3ccccc3)c(=O)n(-c3ccccc3)c2c1. The van der Waals surface area contributed by atoms with E-state index in [9.17, 15) is 9.59 Å². The zero-order valence-corrected chi connectivity index (χ0v) is 18.0. The molecule has 31 heavy (non-hydrogen) atoms. The number of carbonyl (C=O) groups is 1. The van der Waals surface area contributed by atoms with Gasteiger partial charge in [-0.2, -0.15) is 0 Å². The van der Waals surface area contributed by atoms with Gasteiger partial charge >= 0.3 is 0 Å². The molecule has 0 radical (unpaired) electrons. The summed E-state index contributed by atoms with van der Waals surface area (Å²) < 4.78 is 1.61. The molecular formula is C26H25N3O2. The number of benzene rings is 3. The summed E-state index contributed by atoms with van der Waals surface area (Å²) in [5.41, 5.74) is 3.97. The summed E-state index contributed by atoms with van der Waals surface area (Å²) in [6.45, 7) is 7.89. The molecule has 0 amide bonds. The van der Waals surface area contributed by atoms with Crippen LogP contribution in [0.5, 0.6) is 0 Å². The van der Waals surface area contributed by atoms with E-state index in [1.165, 1.54) is 0 Å². The second-order valence-electron chi connectivity index (χ2n) is 7.43. The predicted octanol–water partition coefficient (Wildman–Crippen LogP) is 4.77. The maximum atomic E-state index is 13.6. The van der Waals surface area contributed by atoms with Crippen molar-refractivity contribution in [2.75, 3.05) is 18.0 Å². The van der Waals surface area contributed by atoms with Crippen molar-refractivity contribution < 1.29 is 4.79 Å². The van der Waals surface area contributed by atoms with Gasteiger partial charge in [0, 0.05) is 30.0 Å². The van der Waals surface area contributed by atoms with Gasteiger partial charge in [-0.05, 0) is 50.6 Å². The average Bonchev–Trinajstić information content (AvgIpc) is 2.80. The Balaban J connectivity index is 2.06. The molecular weight excluding hydrogens is 386 g/mol. The third-order valence-electron chi connectivity index (χ3n) is 5.53. The molecule has 0 aliphatic rings. The van der Waals surface area contributed by atoms with Gasteiger partial charge < -0.3 is 4.90 Å². The van der Waals surface area contributed by atoms with Crippen molar-refractivity contribution in [2.45, 2.75) is 20.8 Å². The smallest absolute Gasteiger partial charge is 0.285 e. The van der Waals surface area contributed by atoms with E-state index < -0.39 is 5.56 Å². The molecule has 1 aromatic heterocycles. The van der Waals surface area contributed by atoms with Crippen LogP contribution in [-0.4, -0.2) is 28.4 Å². The molecule has 0 aliphatic carbocycles. The number of anilines is 1. The molecule has 5 nitrogen and oxygen atoms in total. The molecule has 0 saturated carbocycles. The maximum Gasteiger partial charge on any atom is 0.285 e. The highest BCUT2D eigenvalue weighted by Gasteiger charge is 2.21. The minimum atomic E-state index is -0.413. The van der Waals surface area contributed by atoms with Crippen LogP contribution >= 0.6 is 0 Å². The molecule has 4 aromatic rings. The van der Waals surface area contributed by atoms with Crippen molar-refractivity contribution in [3.05, 3.63) is 100.0 Å². The van der Waals surface area contributed by atoms with Crippen molar-refractivity contribution in [1.82, 2.24) is 9.55 Å². The van der Waals surface area contributed by atoms with Crippen LogP contribution in [0.25, 0.3) is 16.7 Å². The number of fused-ring (bicyclic) bond motifs is 1. The summed E-state index contributed by atoms with van der Waals surface area (Å²) >= 11 is 0. The standard InChI is InChI=1S/C26H25N3O2/c1-4-28(5-2)21-16-18(3)23-22(17-21)29(20-14-10-7-11-15-20)26(31)24(27-23)25(30)19-12-8-6-9-13-19/h6-17H,4-5H2,1-3H3. The van der Waals surface area contributed by atoms with Gasteiger partial charge in [0.1, 0.15) is 0 Å². The van der Waals surface area contributed by atoms with Crippen molar-refractivity contribution in [2.24, 2.45) is 0 Å². The number of carbonyl (C=O) groups excluding carboxylic acids is 1. The van der Waals surface area contributed by atoms with Crippen LogP contribution in [0, 0.1) is 6.92 Å². The molecule has 4 rings (SSSR count). The van der Waals surface area contributed by atoms with E-state index in [0.717, 1.165) is 24.3 Å². The van der Waals surface area contributed by atoms with Crippen LogP contribution in [-0.2, 0) is 0 Å². The zero-order valence-electron chi connectivity index (χ0n) is 18.0. The van der Waals surface area contributed by atoms with Crippen LogP contribution < -0.4 is 10.5 Å². The molecule has 1 heterocycles. The molecule has 5 heteroatoms. The van der Waals surface area contributed by atoms with Gasteiger partial charge in [-0.1, -0.05) is 48.5 Å². The summed E-state index contributed by atoms with van der Waals surface area (Å²) in [5.74, 6) is -0.371. The van der Waals surface area contributed by atoms with E-state index in [0.29, 0.717) is 22.3 Å². The Morgan fingerprint density at radius 2 is 1.55 bits per heavy atom. The number of aryl methyl sites for hydroxylation is 1. The van der Waals surface area contributed by atoms with Crippen LogP contribution in [0.1, 0.15) is 35.5 Å². The highest BCUT2D eigenvalue weighted by Crippen LogP contribution is 2.26. The summed E-state index contributed by atoms with van der Waals surface area (Å²) in [7, 11) is 0. The number of nitrogens with zero attached hydrogens (tertiary/aromatic N) is 3. The first-order valence-corrected chi connectivity index (χ1v) is 10.5. The van der Waals surface area contributed by atoms with Crippen molar-refractivity contribution in [3.63, 3.8) is 0 Å². The Morgan fingerprint density at radius 1 is 0.935 bits per heavy atom. The third-order valence-corrected chi connectivity index (χ3v) is 5.53. The van der Waals surface area contributed by atoms with Gasteiger partial charge in [0.25, 0.3) is 5.56 Å². The molecule has 0 fully saturated rings. The van der Waals surface area contributed by atoms with E-state index in [4.69, 9.17) is 0 Å². The monoisotopic (exact) mass is 411 g/mol. The van der Waals surface area contributed by atoms with E-state index in [1.54, 1.807) is 28.8 Å².